The fraction of sp³-hybridized carbons (Fsp3) is 0.250. The van der Waals surface area contributed by atoms with E-state index >= 15 is 0 Å². The topological polar surface area (TPSA) is 77.5 Å². The minimum absolute atomic E-state index is 0.0770. The minimum Gasteiger partial charge on any atom is -0.493 e. The Balaban J connectivity index is 1.51. The van der Waals surface area contributed by atoms with E-state index < -0.39 is 11.6 Å². The van der Waals surface area contributed by atoms with E-state index in [2.05, 4.69) is 10.3 Å². The molecule has 2 aromatic carbocycles. The summed E-state index contributed by atoms with van der Waals surface area (Å²) in [7, 11) is 1.48. The Kier molecular flexibility index (Phi) is 6.38. The molecule has 9 heteroatoms. The maximum Gasteiger partial charge on any atom is 0.226 e. The Hall–Kier alpha value is -3.07. The molecule has 1 amide bonds. The number of aromatic nitrogens is 1. The molecule has 0 fully saturated rings. The van der Waals surface area contributed by atoms with Crippen molar-refractivity contribution in [3.8, 4) is 11.5 Å². The number of ketones is 1. The van der Waals surface area contributed by atoms with Gasteiger partial charge in [-0.15, -0.1) is 0 Å². The first-order chi connectivity index (χ1) is 13.9. The lowest BCUT2D eigenvalue weighted by Gasteiger charge is -2.11. The average Bonchev–Trinajstić information content (AvgIpc) is 3.06. The van der Waals surface area contributed by atoms with E-state index in [4.69, 9.17) is 9.47 Å². The summed E-state index contributed by atoms with van der Waals surface area (Å²) >= 11 is 1.07. The van der Waals surface area contributed by atoms with Gasteiger partial charge in [0.1, 0.15) is 0 Å². The van der Waals surface area contributed by atoms with Crippen LogP contribution in [-0.4, -0.2) is 30.4 Å². The van der Waals surface area contributed by atoms with Gasteiger partial charge in [0.05, 0.1) is 23.9 Å². The van der Waals surface area contributed by atoms with Crippen molar-refractivity contribution in [2.45, 2.75) is 19.8 Å². The van der Waals surface area contributed by atoms with Crippen molar-refractivity contribution in [3.05, 3.63) is 47.5 Å². The highest BCUT2D eigenvalue weighted by Crippen LogP contribution is 2.29. The summed E-state index contributed by atoms with van der Waals surface area (Å²) in [4.78, 5) is 27.6. The normalized spacial score (nSPS) is 10.8. The van der Waals surface area contributed by atoms with E-state index in [1.54, 1.807) is 18.2 Å². The number of hydrogen-bond donors (Lipinski definition) is 1. The summed E-state index contributed by atoms with van der Waals surface area (Å²) < 4.78 is 37.8. The quantitative estimate of drug-likeness (QED) is 0.426. The molecule has 0 radical (unpaired) electrons. The summed E-state index contributed by atoms with van der Waals surface area (Å²) in [6.45, 7) is 1.73. The number of nitrogens with zero attached hydrogens (tertiary/aromatic N) is 1. The maximum absolute atomic E-state index is 13.3. The minimum atomic E-state index is -0.982. The number of fused-ring (bicyclic) bond motifs is 1. The number of benzene rings is 2. The number of nitrogens with one attached hydrogen (secondary N) is 1. The van der Waals surface area contributed by atoms with Crippen LogP contribution in [-0.2, 0) is 4.79 Å². The molecule has 1 N–H and O–H groups in total. The van der Waals surface area contributed by atoms with Crippen molar-refractivity contribution >= 4 is 38.4 Å². The Morgan fingerprint density at radius 2 is 1.90 bits per heavy atom. The van der Waals surface area contributed by atoms with Gasteiger partial charge in [-0.25, -0.2) is 13.8 Å². The number of anilines is 1. The van der Waals surface area contributed by atoms with Crippen molar-refractivity contribution in [1.29, 1.82) is 0 Å². The lowest BCUT2D eigenvalue weighted by atomic mass is 10.1. The lowest BCUT2D eigenvalue weighted by molar-refractivity contribution is -0.116. The van der Waals surface area contributed by atoms with Crippen LogP contribution in [0.3, 0.4) is 0 Å². The number of hydrogen-bond acceptors (Lipinski definition) is 6. The molecular weight excluding hydrogens is 402 g/mol. The molecule has 3 rings (SSSR count). The summed E-state index contributed by atoms with van der Waals surface area (Å²) in [5, 5.41) is 2.89. The molecule has 0 saturated heterocycles. The van der Waals surface area contributed by atoms with Crippen molar-refractivity contribution < 1.29 is 27.8 Å². The van der Waals surface area contributed by atoms with Gasteiger partial charge in [-0.05, 0) is 37.6 Å². The molecule has 152 valence electrons. The van der Waals surface area contributed by atoms with Crippen LogP contribution in [0.25, 0.3) is 10.2 Å². The van der Waals surface area contributed by atoms with Gasteiger partial charge in [0.2, 0.25) is 5.91 Å². The third kappa shape index (κ3) is 5.05. The summed E-state index contributed by atoms with van der Waals surface area (Å²) in [5.74, 6) is -1.38. The fourth-order valence-corrected chi connectivity index (χ4v) is 3.47. The van der Waals surface area contributed by atoms with E-state index in [1.165, 1.54) is 14.0 Å². The van der Waals surface area contributed by atoms with Crippen LogP contribution in [0.2, 0.25) is 0 Å². The molecule has 29 heavy (non-hydrogen) atoms. The number of methoxy groups -OCH3 is 1. The first-order valence-corrected chi connectivity index (χ1v) is 9.56. The molecular formula is C20H18F2N2O4S. The predicted octanol–water partition coefficient (Wildman–Crippen LogP) is 4.58. The highest BCUT2D eigenvalue weighted by atomic mass is 32.1. The van der Waals surface area contributed by atoms with Crippen LogP contribution < -0.4 is 14.8 Å². The van der Waals surface area contributed by atoms with Gasteiger partial charge in [0, 0.05) is 18.1 Å². The van der Waals surface area contributed by atoms with E-state index in [9.17, 15) is 18.4 Å². The van der Waals surface area contributed by atoms with Gasteiger partial charge in [0.25, 0.3) is 0 Å². The van der Waals surface area contributed by atoms with Gasteiger partial charge in [-0.1, -0.05) is 11.3 Å². The SMILES string of the molecule is COc1cc(C(C)=O)ccc1OCCCC(=O)Nc1nc2cc(F)c(F)cc2s1. The molecule has 3 aromatic rings. The summed E-state index contributed by atoms with van der Waals surface area (Å²) in [6.07, 6.45) is 0.601. The molecule has 0 aliphatic rings. The standard InChI is InChI=1S/C20H18F2N2O4S/c1-11(25)12-5-6-16(17(8-12)27-2)28-7-3-4-19(26)24-20-23-15-9-13(21)14(22)10-18(15)29-20/h5-6,8-10H,3-4,7H2,1-2H3,(H,23,24,26). The van der Waals surface area contributed by atoms with Crippen molar-refractivity contribution in [2.75, 3.05) is 19.0 Å². The zero-order valence-electron chi connectivity index (χ0n) is 15.8. The number of carbonyl (C=O) groups is 2. The van der Waals surface area contributed by atoms with E-state index in [-0.39, 0.29) is 35.4 Å². The third-order valence-electron chi connectivity index (χ3n) is 4.05. The molecule has 1 heterocycles. The second-order valence-corrected chi connectivity index (χ2v) is 7.21. The monoisotopic (exact) mass is 420 g/mol. The average molecular weight is 420 g/mol. The Labute approximate surface area is 169 Å². The van der Waals surface area contributed by atoms with Crippen LogP contribution in [0.5, 0.6) is 11.5 Å². The van der Waals surface area contributed by atoms with Crippen LogP contribution in [0.4, 0.5) is 13.9 Å². The third-order valence-corrected chi connectivity index (χ3v) is 4.99. The van der Waals surface area contributed by atoms with Gasteiger partial charge in [0.15, 0.2) is 34.0 Å². The molecule has 0 unspecified atom stereocenters. The summed E-state index contributed by atoms with van der Waals surface area (Å²) in [6, 6.07) is 6.94. The first-order valence-electron chi connectivity index (χ1n) is 8.74. The highest BCUT2D eigenvalue weighted by molar-refractivity contribution is 7.22. The molecule has 6 nitrogen and oxygen atoms in total. The Morgan fingerprint density at radius 1 is 1.14 bits per heavy atom. The number of ether oxygens (including phenoxy) is 2. The van der Waals surface area contributed by atoms with Crippen molar-refractivity contribution in [1.82, 2.24) is 4.98 Å². The maximum atomic E-state index is 13.3. The zero-order chi connectivity index (χ0) is 21.0. The molecule has 1 aromatic heterocycles. The number of halogens is 2. The van der Waals surface area contributed by atoms with Gasteiger partial charge < -0.3 is 14.8 Å². The van der Waals surface area contributed by atoms with Crippen LogP contribution in [0.15, 0.2) is 30.3 Å². The van der Waals surface area contributed by atoms with Gasteiger partial charge >= 0.3 is 0 Å². The number of carbonyl (C=O) groups excluding carboxylic acids is 2. The lowest BCUT2D eigenvalue weighted by Crippen LogP contribution is -2.12. The number of thiazole rings is 1. The van der Waals surface area contributed by atoms with Gasteiger partial charge in [-0.3, -0.25) is 9.59 Å². The molecule has 0 aliphatic carbocycles. The molecule has 0 saturated carbocycles. The second-order valence-electron chi connectivity index (χ2n) is 6.18. The van der Waals surface area contributed by atoms with Crippen molar-refractivity contribution in [2.24, 2.45) is 0 Å². The molecule has 0 bridgehead atoms. The smallest absolute Gasteiger partial charge is 0.226 e. The van der Waals surface area contributed by atoms with E-state index in [1.807, 2.05) is 0 Å². The highest BCUT2D eigenvalue weighted by Gasteiger charge is 2.12. The van der Waals surface area contributed by atoms with E-state index in [0.717, 1.165) is 23.5 Å². The van der Waals surface area contributed by atoms with Crippen LogP contribution in [0, 0.1) is 11.6 Å². The second kappa shape index (κ2) is 8.95. The Morgan fingerprint density at radius 3 is 2.62 bits per heavy atom. The summed E-state index contributed by atoms with van der Waals surface area (Å²) in [5.41, 5.74) is 0.804. The predicted molar refractivity (Wildman–Crippen MR) is 106 cm³/mol. The largest absolute Gasteiger partial charge is 0.493 e. The number of Topliss-reactive ketones (excluding diaryl/α,β-unsaturated/α-hetero) is 1. The van der Waals surface area contributed by atoms with E-state index in [0.29, 0.717) is 28.2 Å². The van der Waals surface area contributed by atoms with Crippen LogP contribution in [0.1, 0.15) is 30.1 Å². The number of rotatable bonds is 8. The number of amides is 1. The molecule has 0 atom stereocenters. The molecule has 0 spiro atoms. The van der Waals surface area contributed by atoms with Crippen LogP contribution >= 0.6 is 11.3 Å². The zero-order valence-corrected chi connectivity index (χ0v) is 16.6. The van der Waals surface area contributed by atoms with Gasteiger partial charge in [-0.2, -0.15) is 0 Å². The Bertz CT molecular complexity index is 1030. The first kappa shape index (κ1) is 20.7. The fourth-order valence-electron chi connectivity index (χ4n) is 2.58. The molecule has 0 aliphatic heterocycles. The van der Waals surface area contributed by atoms with Crippen molar-refractivity contribution in [3.63, 3.8) is 0 Å².